The number of hydrogen-bond donors (Lipinski definition) is 0. The molecular formula is C20H26N2O3S. The molecule has 1 atom stereocenters. The first-order valence-electron chi connectivity index (χ1n) is 9.09. The molecule has 1 aliphatic rings. The van der Waals surface area contributed by atoms with Crippen LogP contribution in [0.25, 0.3) is 5.69 Å². The van der Waals surface area contributed by atoms with Gasteiger partial charge in [0.25, 0.3) is 5.91 Å². The van der Waals surface area contributed by atoms with E-state index in [0.29, 0.717) is 18.5 Å². The molecule has 26 heavy (non-hydrogen) atoms. The number of carbonyl (C=O) groups excluding carboxylic acids is 1. The van der Waals surface area contributed by atoms with Gasteiger partial charge in [-0.3, -0.25) is 4.79 Å². The number of sulfone groups is 1. The normalized spacial score (nSPS) is 18.8. The summed E-state index contributed by atoms with van der Waals surface area (Å²) in [6.45, 7) is 6.69. The largest absolute Gasteiger partial charge is 0.335 e. The van der Waals surface area contributed by atoms with E-state index in [0.717, 1.165) is 23.5 Å². The minimum atomic E-state index is -3.02. The number of aryl methyl sites for hydroxylation is 2. The van der Waals surface area contributed by atoms with Crippen LogP contribution in [0.15, 0.2) is 36.4 Å². The number of rotatable bonds is 5. The highest BCUT2D eigenvalue weighted by Crippen LogP contribution is 2.22. The van der Waals surface area contributed by atoms with Gasteiger partial charge in [0.05, 0.1) is 11.5 Å². The molecule has 0 spiro atoms. The Bertz CT molecular complexity index is 878. The third kappa shape index (κ3) is 3.70. The monoisotopic (exact) mass is 374 g/mol. The average Bonchev–Trinajstić information content (AvgIpc) is 3.14. The fourth-order valence-corrected chi connectivity index (χ4v) is 5.44. The topological polar surface area (TPSA) is 59.4 Å². The number of benzene rings is 1. The SMILES string of the molecule is CCCN(C(=O)c1ccc(-n2c(C)ccc2C)cc1)C1CCS(=O)(=O)C1. The molecule has 1 unspecified atom stereocenters. The molecule has 0 aliphatic carbocycles. The van der Waals surface area contributed by atoms with Crippen molar-refractivity contribution in [1.29, 1.82) is 0 Å². The van der Waals surface area contributed by atoms with Gasteiger partial charge in [-0.1, -0.05) is 6.92 Å². The lowest BCUT2D eigenvalue weighted by Crippen LogP contribution is -2.41. The summed E-state index contributed by atoms with van der Waals surface area (Å²) in [7, 11) is -3.02. The van der Waals surface area contributed by atoms with Crippen molar-refractivity contribution in [2.75, 3.05) is 18.1 Å². The standard InChI is InChI=1S/C20H26N2O3S/c1-4-12-21(19-11-13-26(24,25)14-19)20(23)17-7-9-18(10-8-17)22-15(2)5-6-16(22)3/h5-10,19H,4,11-14H2,1-3H3. The first-order valence-corrected chi connectivity index (χ1v) is 10.9. The molecule has 140 valence electrons. The van der Waals surface area contributed by atoms with Crippen LogP contribution < -0.4 is 0 Å². The van der Waals surface area contributed by atoms with E-state index in [9.17, 15) is 13.2 Å². The second-order valence-electron chi connectivity index (χ2n) is 7.05. The first-order chi connectivity index (χ1) is 12.3. The molecule has 1 saturated heterocycles. The minimum Gasteiger partial charge on any atom is -0.335 e. The van der Waals surface area contributed by atoms with E-state index in [1.54, 1.807) is 4.90 Å². The molecule has 0 saturated carbocycles. The Kier molecular flexibility index (Phi) is 5.23. The highest BCUT2D eigenvalue weighted by Gasteiger charge is 2.34. The fourth-order valence-electron chi connectivity index (χ4n) is 3.71. The van der Waals surface area contributed by atoms with E-state index in [4.69, 9.17) is 0 Å². The number of carbonyl (C=O) groups is 1. The van der Waals surface area contributed by atoms with E-state index < -0.39 is 9.84 Å². The zero-order chi connectivity index (χ0) is 18.9. The van der Waals surface area contributed by atoms with Crippen LogP contribution in [0.2, 0.25) is 0 Å². The van der Waals surface area contributed by atoms with Gasteiger partial charge in [-0.2, -0.15) is 0 Å². The summed E-state index contributed by atoms with van der Waals surface area (Å²) in [4.78, 5) is 14.7. The van der Waals surface area contributed by atoms with Crippen LogP contribution >= 0.6 is 0 Å². The molecule has 5 nitrogen and oxygen atoms in total. The molecule has 0 N–H and O–H groups in total. The van der Waals surface area contributed by atoms with Gasteiger partial charge in [0.2, 0.25) is 0 Å². The molecule has 1 fully saturated rings. The molecule has 0 bridgehead atoms. The van der Waals surface area contributed by atoms with Crippen molar-refractivity contribution in [3.63, 3.8) is 0 Å². The van der Waals surface area contributed by atoms with Crippen LogP contribution in [0, 0.1) is 13.8 Å². The molecule has 1 amide bonds. The second-order valence-corrected chi connectivity index (χ2v) is 9.28. The molecule has 0 radical (unpaired) electrons. The summed E-state index contributed by atoms with van der Waals surface area (Å²) in [5.41, 5.74) is 3.91. The Morgan fingerprint density at radius 2 is 1.73 bits per heavy atom. The maximum absolute atomic E-state index is 13.0. The predicted octanol–water partition coefficient (Wildman–Crippen LogP) is 3.13. The first kappa shape index (κ1) is 18.7. The number of hydrogen-bond acceptors (Lipinski definition) is 3. The fraction of sp³-hybridized carbons (Fsp3) is 0.450. The smallest absolute Gasteiger partial charge is 0.254 e. The van der Waals surface area contributed by atoms with Crippen molar-refractivity contribution in [2.45, 2.75) is 39.7 Å². The Morgan fingerprint density at radius 3 is 2.23 bits per heavy atom. The van der Waals surface area contributed by atoms with Crippen molar-refractivity contribution in [3.05, 3.63) is 53.3 Å². The lowest BCUT2D eigenvalue weighted by Gasteiger charge is -2.28. The van der Waals surface area contributed by atoms with Crippen LogP contribution in [-0.4, -0.2) is 47.9 Å². The Labute approximate surface area is 155 Å². The lowest BCUT2D eigenvalue weighted by molar-refractivity contribution is 0.0697. The average molecular weight is 375 g/mol. The Balaban J connectivity index is 1.84. The number of aromatic nitrogens is 1. The summed E-state index contributed by atoms with van der Waals surface area (Å²) in [5.74, 6) is 0.177. The second kappa shape index (κ2) is 7.27. The maximum Gasteiger partial charge on any atom is 0.254 e. The number of amides is 1. The van der Waals surface area contributed by atoms with Gasteiger partial charge < -0.3 is 9.47 Å². The summed E-state index contributed by atoms with van der Waals surface area (Å²) in [5, 5.41) is 0. The van der Waals surface area contributed by atoms with E-state index in [1.807, 2.05) is 31.2 Å². The van der Waals surface area contributed by atoms with Gasteiger partial charge in [-0.15, -0.1) is 0 Å². The maximum atomic E-state index is 13.0. The third-order valence-corrected chi connectivity index (χ3v) is 6.77. The number of nitrogens with zero attached hydrogens (tertiary/aromatic N) is 2. The van der Waals surface area contributed by atoms with Crippen LogP contribution in [-0.2, 0) is 9.84 Å². The van der Waals surface area contributed by atoms with Crippen molar-refractivity contribution in [3.8, 4) is 5.69 Å². The zero-order valence-electron chi connectivity index (χ0n) is 15.6. The van der Waals surface area contributed by atoms with Gasteiger partial charge in [-0.25, -0.2) is 8.42 Å². The quantitative estimate of drug-likeness (QED) is 0.808. The highest BCUT2D eigenvalue weighted by molar-refractivity contribution is 7.91. The van der Waals surface area contributed by atoms with Gasteiger partial charge in [0.1, 0.15) is 0 Å². The molecule has 1 aromatic heterocycles. The highest BCUT2D eigenvalue weighted by atomic mass is 32.2. The van der Waals surface area contributed by atoms with Crippen LogP contribution in [0.3, 0.4) is 0 Å². The molecular weight excluding hydrogens is 348 g/mol. The van der Waals surface area contributed by atoms with E-state index >= 15 is 0 Å². The van der Waals surface area contributed by atoms with Gasteiger partial charge >= 0.3 is 0 Å². The lowest BCUT2D eigenvalue weighted by atomic mass is 10.1. The zero-order valence-corrected chi connectivity index (χ0v) is 16.4. The van der Waals surface area contributed by atoms with Crippen molar-refractivity contribution < 1.29 is 13.2 Å². The van der Waals surface area contributed by atoms with Crippen LogP contribution in [0.4, 0.5) is 0 Å². The summed E-state index contributed by atoms with van der Waals surface area (Å²) in [6.07, 6.45) is 1.34. The van der Waals surface area contributed by atoms with E-state index in [1.165, 1.54) is 0 Å². The van der Waals surface area contributed by atoms with Gasteiger partial charge in [0, 0.05) is 35.2 Å². The minimum absolute atomic E-state index is 0.0819. The molecule has 2 aromatic rings. The van der Waals surface area contributed by atoms with Gasteiger partial charge in [-0.05, 0) is 63.1 Å². The molecule has 1 aliphatic heterocycles. The Hall–Kier alpha value is -2.08. The van der Waals surface area contributed by atoms with Crippen LogP contribution in [0.5, 0.6) is 0 Å². The summed E-state index contributed by atoms with van der Waals surface area (Å²) in [6, 6.07) is 11.5. The molecule has 2 heterocycles. The van der Waals surface area contributed by atoms with E-state index in [-0.39, 0.29) is 23.5 Å². The Morgan fingerprint density at radius 1 is 1.12 bits per heavy atom. The van der Waals surface area contributed by atoms with Crippen molar-refractivity contribution >= 4 is 15.7 Å². The van der Waals surface area contributed by atoms with E-state index in [2.05, 4.69) is 30.5 Å². The van der Waals surface area contributed by atoms with Crippen LogP contribution in [0.1, 0.15) is 41.5 Å². The van der Waals surface area contributed by atoms with Crippen molar-refractivity contribution in [2.24, 2.45) is 0 Å². The summed E-state index contributed by atoms with van der Waals surface area (Å²) >= 11 is 0. The molecule has 6 heteroatoms. The van der Waals surface area contributed by atoms with Crippen molar-refractivity contribution in [1.82, 2.24) is 9.47 Å². The summed E-state index contributed by atoms with van der Waals surface area (Å²) < 4.78 is 25.8. The molecule has 1 aromatic carbocycles. The molecule has 3 rings (SSSR count). The van der Waals surface area contributed by atoms with Gasteiger partial charge in [0.15, 0.2) is 9.84 Å². The third-order valence-electron chi connectivity index (χ3n) is 5.02. The predicted molar refractivity (Wildman–Crippen MR) is 104 cm³/mol.